The third kappa shape index (κ3) is 9.48. The highest BCUT2D eigenvalue weighted by molar-refractivity contribution is 5.77. The summed E-state index contributed by atoms with van der Waals surface area (Å²) in [5.74, 6) is 0.695. The van der Waals surface area contributed by atoms with Crippen molar-refractivity contribution in [2.24, 2.45) is 5.92 Å². The van der Waals surface area contributed by atoms with E-state index >= 15 is 0 Å². The van der Waals surface area contributed by atoms with Crippen LogP contribution in [0.25, 0.3) is 0 Å². The number of hydrogen-bond donors (Lipinski definition) is 2. The summed E-state index contributed by atoms with van der Waals surface area (Å²) in [6.45, 7) is 6.92. The minimum atomic E-state index is 0.00665. The Morgan fingerprint density at radius 3 is 2.64 bits per heavy atom. The molecule has 0 aliphatic rings. The Balaban J connectivity index is 3.03. The molecule has 0 radical (unpaired) electrons. The first-order valence-corrected chi connectivity index (χ1v) is 5.16. The molecular formula is C10H22N2O2. The van der Waals surface area contributed by atoms with Crippen molar-refractivity contribution in [3.05, 3.63) is 0 Å². The standard InChI is InChI=1S/C10H22N2O2/c1-9(2)4-6-14-7-5-12-8-10(13)11-3/h9,12H,4-8H2,1-3H3,(H,11,13). The van der Waals surface area contributed by atoms with Gasteiger partial charge in [-0.3, -0.25) is 4.79 Å². The second kappa shape index (κ2) is 8.97. The Morgan fingerprint density at radius 2 is 2.07 bits per heavy atom. The molecule has 0 fully saturated rings. The molecule has 0 aromatic rings. The predicted octanol–water partition coefficient (Wildman–Crippen LogP) is 0.385. The van der Waals surface area contributed by atoms with E-state index in [2.05, 4.69) is 24.5 Å². The van der Waals surface area contributed by atoms with E-state index in [0.717, 1.165) is 19.6 Å². The molecule has 0 aromatic carbocycles. The molecule has 0 aliphatic carbocycles. The lowest BCUT2D eigenvalue weighted by molar-refractivity contribution is -0.119. The van der Waals surface area contributed by atoms with Crippen molar-refractivity contribution < 1.29 is 9.53 Å². The average molecular weight is 202 g/mol. The second-order valence-corrected chi connectivity index (χ2v) is 3.64. The molecular weight excluding hydrogens is 180 g/mol. The van der Waals surface area contributed by atoms with E-state index in [4.69, 9.17) is 4.74 Å². The molecule has 0 atom stereocenters. The lowest BCUT2D eigenvalue weighted by Gasteiger charge is -2.07. The lowest BCUT2D eigenvalue weighted by Crippen LogP contribution is -2.33. The number of nitrogens with one attached hydrogen (secondary N) is 2. The molecule has 14 heavy (non-hydrogen) atoms. The van der Waals surface area contributed by atoms with E-state index in [1.807, 2.05) is 0 Å². The average Bonchev–Trinajstić information content (AvgIpc) is 2.15. The lowest BCUT2D eigenvalue weighted by atomic mass is 10.1. The molecule has 0 rings (SSSR count). The van der Waals surface area contributed by atoms with Gasteiger partial charge in [0.2, 0.25) is 5.91 Å². The van der Waals surface area contributed by atoms with Gasteiger partial charge in [0, 0.05) is 20.2 Å². The molecule has 0 spiro atoms. The molecule has 0 unspecified atom stereocenters. The van der Waals surface area contributed by atoms with Gasteiger partial charge in [-0.05, 0) is 12.3 Å². The molecule has 0 aromatic heterocycles. The quantitative estimate of drug-likeness (QED) is 0.560. The van der Waals surface area contributed by atoms with E-state index in [9.17, 15) is 4.79 Å². The molecule has 2 N–H and O–H groups in total. The van der Waals surface area contributed by atoms with Gasteiger partial charge in [0.25, 0.3) is 0 Å². The maximum absolute atomic E-state index is 10.8. The van der Waals surface area contributed by atoms with Gasteiger partial charge >= 0.3 is 0 Å². The molecule has 4 heteroatoms. The summed E-state index contributed by atoms with van der Waals surface area (Å²) in [4.78, 5) is 10.8. The van der Waals surface area contributed by atoms with Gasteiger partial charge < -0.3 is 15.4 Å². The molecule has 1 amide bonds. The Bertz CT molecular complexity index is 149. The summed E-state index contributed by atoms with van der Waals surface area (Å²) >= 11 is 0. The SMILES string of the molecule is CNC(=O)CNCCOCCC(C)C. The highest BCUT2D eigenvalue weighted by atomic mass is 16.5. The van der Waals surface area contributed by atoms with Gasteiger partial charge in [-0.25, -0.2) is 0 Å². The summed E-state index contributed by atoms with van der Waals surface area (Å²) in [5.41, 5.74) is 0. The zero-order valence-corrected chi connectivity index (χ0v) is 9.43. The summed E-state index contributed by atoms with van der Waals surface area (Å²) < 4.78 is 5.37. The van der Waals surface area contributed by atoms with Crippen LogP contribution in [0.3, 0.4) is 0 Å². The Hall–Kier alpha value is -0.610. The smallest absolute Gasteiger partial charge is 0.233 e. The van der Waals surface area contributed by atoms with Crippen LogP contribution >= 0.6 is 0 Å². The fraction of sp³-hybridized carbons (Fsp3) is 0.900. The van der Waals surface area contributed by atoms with E-state index in [-0.39, 0.29) is 5.91 Å². The van der Waals surface area contributed by atoms with Gasteiger partial charge in [-0.15, -0.1) is 0 Å². The third-order valence-electron chi connectivity index (χ3n) is 1.83. The van der Waals surface area contributed by atoms with Crippen LogP contribution in [0.1, 0.15) is 20.3 Å². The number of likely N-dealkylation sites (N-methyl/N-ethyl adjacent to an activating group) is 1. The maximum Gasteiger partial charge on any atom is 0.233 e. The van der Waals surface area contributed by atoms with Gasteiger partial charge in [0.05, 0.1) is 13.2 Å². The zero-order chi connectivity index (χ0) is 10.8. The van der Waals surface area contributed by atoms with Gasteiger partial charge in [-0.1, -0.05) is 13.8 Å². The van der Waals surface area contributed by atoms with Gasteiger partial charge in [-0.2, -0.15) is 0 Å². The molecule has 84 valence electrons. The van der Waals surface area contributed by atoms with Crippen LogP contribution in [0.2, 0.25) is 0 Å². The minimum Gasteiger partial charge on any atom is -0.380 e. The fourth-order valence-corrected chi connectivity index (χ4v) is 0.856. The third-order valence-corrected chi connectivity index (χ3v) is 1.83. The van der Waals surface area contributed by atoms with E-state index in [1.54, 1.807) is 7.05 Å². The van der Waals surface area contributed by atoms with E-state index in [1.165, 1.54) is 0 Å². The van der Waals surface area contributed by atoms with Crippen molar-refractivity contribution >= 4 is 5.91 Å². The van der Waals surface area contributed by atoms with E-state index < -0.39 is 0 Å². The van der Waals surface area contributed by atoms with Crippen molar-refractivity contribution in [3.63, 3.8) is 0 Å². The van der Waals surface area contributed by atoms with Crippen LogP contribution in [0.15, 0.2) is 0 Å². The van der Waals surface area contributed by atoms with Crippen molar-refractivity contribution in [3.8, 4) is 0 Å². The molecule has 4 nitrogen and oxygen atoms in total. The van der Waals surface area contributed by atoms with Crippen LogP contribution < -0.4 is 10.6 Å². The highest BCUT2D eigenvalue weighted by Crippen LogP contribution is 1.97. The number of rotatable bonds is 8. The fourth-order valence-electron chi connectivity index (χ4n) is 0.856. The van der Waals surface area contributed by atoms with Crippen LogP contribution in [-0.2, 0) is 9.53 Å². The molecule has 0 bridgehead atoms. The summed E-state index contributed by atoms with van der Waals surface area (Å²) in [6.07, 6.45) is 1.09. The summed E-state index contributed by atoms with van der Waals surface area (Å²) in [5, 5.41) is 5.53. The zero-order valence-electron chi connectivity index (χ0n) is 9.43. The Kier molecular flexibility index (Phi) is 8.57. The largest absolute Gasteiger partial charge is 0.380 e. The number of carbonyl (C=O) groups excluding carboxylic acids is 1. The second-order valence-electron chi connectivity index (χ2n) is 3.64. The first kappa shape index (κ1) is 13.4. The normalized spacial score (nSPS) is 10.6. The Labute approximate surface area is 86.4 Å². The number of carbonyl (C=O) groups is 1. The molecule has 0 saturated heterocycles. The first-order chi connectivity index (χ1) is 6.66. The minimum absolute atomic E-state index is 0.00665. The summed E-state index contributed by atoms with van der Waals surface area (Å²) in [6, 6.07) is 0. The molecule has 0 heterocycles. The number of hydrogen-bond acceptors (Lipinski definition) is 3. The first-order valence-electron chi connectivity index (χ1n) is 5.16. The van der Waals surface area contributed by atoms with Crippen molar-refractivity contribution in [1.82, 2.24) is 10.6 Å². The highest BCUT2D eigenvalue weighted by Gasteiger charge is 1.96. The summed E-state index contributed by atoms with van der Waals surface area (Å²) in [7, 11) is 1.63. The van der Waals surface area contributed by atoms with Crippen molar-refractivity contribution in [1.29, 1.82) is 0 Å². The molecule has 0 saturated carbocycles. The maximum atomic E-state index is 10.8. The van der Waals surface area contributed by atoms with Gasteiger partial charge in [0.15, 0.2) is 0 Å². The predicted molar refractivity (Wildman–Crippen MR) is 57.2 cm³/mol. The monoisotopic (exact) mass is 202 g/mol. The van der Waals surface area contributed by atoms with Gasteiger partial charge in [0.1, 0.15) is 0 Å². The van der Waals surface area contributed by atoms with Crippen LogP contribution in [0.4, 0.5) is 0 Å². The Morgan fingerprint density at radius 1 is 1.36 bits per heavy atom. The van der Waals surface area contributed by atoms with Crippen LogP contribution in [-0.4, -0.2) is 39.3 Å². The van der Waals surface area contributed by atoms with Crippen LogP contribution in [0.5, 0.6) is 0 Å². The topological polar surface area (TPSA) is 50.4 Å². The van der Waals surface area contributed by atoms with Crippen molar-refractivity contribution in [2.45, 2.75) is 20.3 Å². The van der Waals surface area contributed by atoms with Crippen LogP contribution in [0, 0.1) is 5.92 Å². The number of ether oxygens (including phenoxy) is 1. The van der Waals surface area contributed by atoms with Crippen molar-refractivity contribution in [2.75, 3.05) is 33.4 Å². The van der Waals surface area contributed by atoms with E-state index in [0.29, 0.717) is 19.1 Å². The number of amides is 1. The molecule has 0 aliphatic heterocycles.